The summed E-state index contributed by atoms with van der Waals surface area (Å²) in [6.45, 7) is 13.6. The lowest BCUT2D eigenvalue weighted by atomic mass is 9.81. The molecule has 1 aliphatic rings. The van der Waals surface area contributed by atoms with Crippen molar-refractivity contribution in [2.45, 2.75) is 85.5 Å². The summed E-state index contributed by atoms with van der Waals surface area (Å²) in [5, 5.41) is -1.88. The second-order valence-electron chi connectivity index (χ2n) is 12.1. The zero-order valence-corrected chi connectivity index (χ0v) is 28.1. The molecule has 0 amide bonds. The van der Waals surface area contributed by atoms with Crippen LogP contribution in [0.5, 0.6) is 0 Å². The van der Waals surface area contributed by atoms with E-state index in [-0.39, 0.29) is 41.3 Å². The van der Waals surface area contributed by atoms with Gasteiger partial charge in [-0.15, -0.1) is 0 Å². The topological polar surface area (TPSA) is 85.3 Å². The molecule has 0 bridgehead atoms. The summed E-state index contributed by atoms with van der Waals surface area (Å²) in [6.07, 6.45) is 6.35. The van der Waals surface area contributed by atoms with Crippen LogP contribution in [0, 0.1) is 19.8 Å². The SMILES string of the molecule is C=CC=C(C=C)C1CC(=O)CCC(S(=O)(=O)c2ccc(C)cc2)C(c2ccc(CC)cc2)CCC1S(=O)(=O)c1ccc(C)cc1. The largest absolute Gasteiger partial charge is 0.300 e. The molecule has 0 N–H and O–H groups in total. The molecule has 5 nitrogen and oxygen atoms in total. The van der Waals surface area contributed by atoms with Crippen LogP contribution in [0.4, 0.5) is 0 Å². The number of ketones is 1. The van der Waals surface area contributed by atoms with E-state index in [1.807, 2.05) is 38.1 Å². The lowest BCUT2D eigenvalue weighted by Gasteiger charge is -2.34. The molecule has 3 aromatic rings. The van der Waals surface area contributed by atoms with E-state index in [4.69, 9.17) is 0 Å². The fourth-order valence-corrected chi connectivity index (χ4v) is 10.5. The Hall–Kier alpha value is -3.55. The van der Waals surface area contributed by atoms with Crippen molar-refractivity contribution in [2.75, 3.05) is 0 Å². The first-order chi connectivity index (χ1) is 21.4. The van der Waals surface area contributed by atoms with Gasteiger partial charge in [0.15, 0.2) is 19.7 Å². The molecule has 4 rings (SSSR count). The van der Waals surface area contributed by atoms with Gasteiger partial charge in [-0.3, -0.25) is 4.79 Å². The van der Waals surface area contributed by atoms with Gasteiger partial charge in [0.2, 0.25) is 0 Å². The Labute approximate surface area is 269 Å². The molecule has 238 valence electrons. The average Bonchev–Trinajstić information content (AvgIpc) is 3.02. The maximum atomic E-state index is 14.4. The number of hydrogen-bond acceptors (Lipinski definition) is 5. The van der Waals surface area contributed by atoms with Crippen molar-refractivity contribution in [3.8, 4) is 0 Å². The van der Waals surface area contributed by atoms with Crippen molar-refractivity contribution in [1.82, 2.24) is 0 Å². The van der Waals surface area contributed by atoms with E-state index in [2.05, 4.69) is 20.1 Å². The fraction of sp³-hybridized carbons (Fsp3) is 0.342. The summed E-state index contributed by atoms with van der Waals surface area (Å²) in [5.74, 6) is -1.36. The highest BCUT2D eigenvalue weighted by molar-refractivity contribution is 7.92. The zero-order chi connectivity index (χ0) is 32.8. The van der Waals surface area contributed by atoms with Crippen LogP contribution in [0.1, 0.15) is 67.2 Å². The Morgan fingerprint density at radius 1 is 0.756 bits per heavy atom. The molecule has 7 heteroatoms. The third-order valence-electron chi connectivity index (χ3n) is 9.10. The maximum absolute atomic E-state index is 14.4. The van der Waals surface area contributed by atoms with Crippen molar-refractivity contribution in [3.05, 3.63) is 132 Å². The summed E-state index contributed by atoms with van der Waals surface area (Å²) in [7, 11) is -7.82. The summed E-state index contributed by atoms with van der Waals surface area (Å²) in [5.41, 5.74) is 4.46. The molecule has 1 aliphatic carbocycles. The van der Waals surface area contributed by atoms with E-state index in [1.165, 1.54) is 0 Å². The molecule has 4 atom stereocenters. The number of allylic oxidation sites excluding steroid dienone is 4. The van der Waals surface area contributed by atoms with E-state index >= 15 is 0 Å². The van der Waals surface area contributed by atoms with Crippen LogP contribution in [0.15, 0.2) is 120 Å². The van der Waals surface area contributed by atoms with Crippen LogP contribution in [-0.2, 0) is 30.9 Å². The van der Waals surface area contributed by atoms with Gasteiger partial charge < -0.3 is 0 Å². The predicted molar refractivity (Wildman–Crippen MR) is 183 cm³/mol. The van der Waals surface area contributed by atoms with Crippen LogP contribution in [0.25, 0.3) is 0 Å². The van der Waals surface area contributed by atoms with Gasteiger partial charge in [-0.25, -0.2) is 16.8 Å². The Kier molecular flexibility index (Phi) is 11.2. The molecule has 0 heterocycles. The number of hydrogen-bond donors (Lipinski definition) is 0. The molecule has 0 spiro atoms. The molecule has 0 aromatic heterocycles. The van der Waals surface area contributed by atoms with E-state index in [0.29, 0.717) is 12.0 Å². The average molecular weight is 645 g/mol. The highest BCUT2D eigenvalue weighted by Gasteiger charge is 2.42. The number of carbonyl (C=O) groups is 1. The second kappa shape index (κ2) is 14.7. The summed E-state index contributed by atoms with van der Waals surface area (Å²) in [4.78, 5) is 14.1. The van der Waals surface area contributed by atoms with E-state index in [9.17, 15) is 21.6 Å². The standard InChI is InChI=1S/C38H44O5S2/c1-6-9-30(8-3)36-26-32(39)18-24-37(44(40,41)33-19-10-27(4)11-20-33)35(31-16-14-29(7-2)15-17-31)23-25-38(36)45(42,43)34-21-12-28(5)13-22-34/h6,8-17,19-22,35-38H,1,3,7,18,23-26H2,2,4-5H3. The predicted octanol–water partition coefficient (Wildman–Crippen LogP) is 8.08. The lowest BCUT2D eigenvalue weighted by molar-refractivity contribution is -0.119. The van der Waals surface area contributed by atoms with Crippen molar-refractivity contribution in [3.63, 3.8) is 0 Å². The van der Waals surface area contributed by atoms with E-state index in [0.717, 1.165) is 28.7 Å². The molecular weight excluding hydrogens is 601 g/mol. The van der Waals surface area contributed by atoms with Gasteiger partial charge in [-0.1, -0.05) is 98.0 Å². The van der Waals surface area contributed by atoms with Crippen LogP contribution in [-0.4, -0.2) is 33.1 Å². The first-order valence-corrected chi connectivity index (χ1v) is 18.7. The zero-order valence-electron chi connectivity index (χ0n) is 26.5. The molecule has 45 heavy (non-hydrogen) atoms. The number of aryl methyl sites for hydroxylation is 3. The Bertz CT molecular complexity index is 1750. The molecule has 0 aliphatic heterocycles. The third kappa shape index (κ3) is 7.82. The van der Waals surface area contributed by atoms with E-state index in [1.54, 1.807) is 66.8 Å². The first kappa shape index (κ1) is 34.3. The molecular formula is C38H44O5S2. The lowest BCUT2D eigenvalue weighted by Crippen LogP contribution is -2.37. The normalized spacial score (nSPS) is 22.0. The fourth-order valence-electron chi connectivity index (χ4n) is 6.46. The highest BCUT2D eigenvalue weighted by Crippen LogP contribution is 2.41. The Balaban J connectivity index is 1.90. The molecule has 0 saturated heterocycles. The van der Waals surface area contributed by atoms with Gasteiger partial charge >= 0.3 is 0 Å². The van der Waals surface area contributed by atoms with Crippen LogP contribution in [0.2, 0.25) is 0 Å². The summed E-state index contributed by atoms with van der Waals surface area (Å²) >= 11 is 0. The van der Waals surface area contributed by atoms with Gasteiger partial charge in [-0.2, -0.15) is 0 Å². The quantitative estimate of drug-likeness (QED) is 0.220. The molecule has 4 unspecified atom stereocenters. The van der Waals surface area contributed by atoms with Crippen molar-refractivity contribution >= 4 is 25.5 Å². The second-order valence-corrected chi connectivity index (χ2v) is 16.4. The molecule has 3 aromatic carbocycles. The highest BCUT2D eigenvalue weighted by atomic mass is 32.2. The monoisotopic (exact) mass is 644 g/mol. The molecule has 1 fully saturated rings. The van der Waals surface area contributed by atoms with Gasteiger partial charge in [0.05, 0.1) is 20.3 Å². The van der Waals surface area contributed by atoms with Gasteiger partial charge in [0.25, 0.3) is 0 Å². The van der Waals surface area contributed by atoms with Crippen LogP contribution >= 0.6 is 0 Å². The number of rotatable bonds is 9. The number of benzene rings is 3. The van der Waals surface area contributed by atoms with Crippen molar-refractivity contribution in [2.24, 2.45) is 5.92 Å². The smallest absolute Gasteiger partial charge is 0.181 e. The minimum atomic E-state index is -3.94. The van der Waals surface area contributed by atoms with Gasteiger partial charge in [0, 0.05) is 24.7 Å². The number of sulfone groups is 2. The third-order valence-corrected chi connectivity index (χ3v) is 13.7. The first-order valence-electron chi connectivity index (χ1n) is 15.6. The summed E-state index contributed by atoms with van der Waals surface area (Å²) in [6, 6.07) is 21.5. The Morgan fingerprint density at radius 3 is 1.78 bits per heavy atom. The van der Waals surface area contributed by atoms with Crippen LogP contribution < -0.4 is 0 Å². The summed E-state index contributed by atoms with van der Waals surface area (Å²) < 4.78 is 57.6. The molecule has 0 radical (unpaired) electrons. The maximum Gasteiger partial charge on any atom is 0.181 e. The number of Topliss-reactive ketones (excluding diaryl/α,β-unsaturated/α-hetero) is 1. The molecule has 1 saturated carbocycles. The Morgan fingerprint density at radius 2 is 1.29 bits per heavy atom. The minimum absolute atomic E-state index is 0.0195. The van der Waals surface area contributed by atoms with Crippen LogP contribution in [0.3, 0.4) is 0 Å². The van der Waals surface area contributed by atoms with Gasteiger partial charge in [-0.05, 0) is 80.5 Å². The van der Waals surface area contributed by atoms with Crippen molar-refractivity contribution < 1.29 is 21.6 Å². The number of carbonyl (C=O) groups excluding carboxylic acids is 1. The van der Waals surface area contributed by atoms with Gasteiger partial charge in [0.1, 0.15) is 5.78 Å². The van der Waals surface area contributed by atoms with E-state index < -0.39 is 42.0 Å². The minimum Gasteiger partial charge on any atom is -0.300 e. The van der Waals surface area contributed by atoms with Crippen molar-refractivity contribution in [1.29, 1.82) is 0 Å².